The normalized spacial score (nSPS) is 14.2. The number of carbonyl (C=O) groups excluding carboxylic acids is 4. The van der Waals surface area contributed by atoms with E-state index in [9.17, 15) is 43.2 Å². The van der Waals surface area contributed by atoms with Gasteiger partial charge >= 0.3 is 39.5 Å². The minimum atomic E-state index is -4.96. The molecule has 2 unspecified atom stereocenters. The van der Waals surface area contributed by atoms with E-state index in [2.05, 4.69) is 58.9 Å². The second kappa shape index (κ2) is 65.8. The minimum absolute atomic E-state index is 0.102. The Morgan fingerprint density at radius 2 is 0.587 bits per heavy atom. The van der Waals surface area contributed by atoms with Gasteiger partial charge in [0.15, 0.2) is 12.2 Å². The second-order valence-electron chi connectivity index (χ2n) is 26.1. The summed E-state index contributed by atoms with van der Waals surface area (Å²) >= 11 is 0. The van der Waals surface area contributed by atoms with Gasteiger partial charge in [0.25, 0.3) is 0 Å². The number of aliphatic hydroxyl groups is 1. The number of hydrogen-bond acceptors (Lipinski definition) is 15. The molecule has 0 aromatic carbocycles. The largest absolute Gasteiger partial charge is 0.472 e. The number of phosphoric ester groups is 2. The van der Waals surface area contributed by atoms with Gasteiger partial charge in [-0.1, -0.05) is 303 Å². The number of unbranched alkanes of at least 4 members (excludes halogenated alkanes) is 40. The SMILES string of the molecule is CCCCCC/C=C\C=C/CCCCCCCC(=O)OC[C@H](COP(=O)(O)OC[C@@H](O)COP(=O)(O)OC[C@@H](COC(=O)CCCCCCC)OC(=O)CCCCCCCCCCCCC(C)C)OC(=O)CCCCCCCCCCCCCCCCCCCCC. The van der Waals surface area contributed by atoms with Crippen molar-refractivity contribution in [3.63, 3.8) is 0 Å². The molecule has 3 N–H and O–H groups in total. The van der Waals surface area contributed by atoms with E-state index < -0.39 is 97.5 Å². The Morgan fingerprint density at radius 1 is 0.337 bits per heavy atom. The van der Waals surface area contributed by atoms with Crippen LogP contribution in [0, 0.1) is 5.92 Å². The predicted octanol–water partition coefficient (Wildman–Crippen LogP) is 20.9. The third-order valence-electron chi connectivity index (χ3n) is 16.4. The van der Waals surface area contributed by atoms with Crippen LogP contribution >= 0.6 is 15.6 Å². The maximum absolute atomic E-state index is 13.0. The summed E-state index contributed by atoms with van der Waals surface area (Å²) in [7, 11) is -9.91. The summed E-state index contributed by atoms with van der Waals surface area (Å²) in [5.41, 5.74) is 0. The van der Waals surface area contributed by atoms with Crippen LogP contribution in [-0.4, -0.2) is 96.7 Å². The van der Waals surface area contributed by atoms with Crippen molar-refractivity contribution in [1.82, 2.24) is 0 Å². The van der Waals surface area contributed by atoms with E-state index in [1.54, 1.807) is 0 Å². The molecule has 5 atom stereocenters. The first kappa shape index (κ1) is 89.5. The van der Waals surface area contributed by atoms with Gasteiger partial charge in [-0.3, -0.25) is 37.3 Å². The van der Waals surface area contributed by atoms with Crippen molar-refractivity contribution < 1.29 is 80.2 Å². The number of aliphatic hydroxyl groups excluding tert-OH is 1. The van der Waals surface area contributed by atoms with E-state index in [1.165, 1.54) is 154 Å². The Bertz CT molecular complexity index is 1860. The molecule has 17 nitrogen and oxygen atoms in total. The molecule has 0 aromatic heterocycles. The number of ether oxygens (including phenoxy) is 4. The molecular weight excluding hydrogens is 1210 g/mol. The second-order valence-corrected chi connectivity index (χ2v) is 29.0. The Kier molecular flexibility index (Phi) is 64.0. The lowest BCUT2D eigenvalue weighted by Gasteiger charge is -2.21. The van der Waals surface area contributed by atoms with E-state index in [0.717, 1.165) is 121 Å². The summed E-state index contributed by atoms with van der Waals surface area (Å²) in [6, 6.07) is 0. The van der Waals surface area contributed by atoms with Crippen LogP contribution in [0.25, 0.3) is 0 Å². The van der Waals surface area contributed by atoms with Crippen LogP contribution in [0.3, 0.4) is 0 Å². The number of phosphoric acid groups is 2. The highest BCUT2D eigenvalue weighted by atomic mass is 31.2. The van der Waals surface area contributed by atoms with Crippen LogP contribution in [0.5, 0.6) is 0 Å². The summed E-state index contributed by atoms with van der Waals surface area (Å²) in [5.74, 6) is -1.41. The first-order chi connectivity index (χ1) is 44.5. The van der Waals surface area contributed by atoms with Crippen molar-refractivity contribution in [3.05, 3.63) is 24.3 Å². The van der Waals surface area contributed by atoms with E-state index in [4.69, 9.17) is 37.0 Å². The number of rotatable bonds is 71. The Balaban J connectivity index is 5.18. The highest BCUT2D eigenvalue weighted by Gasteiger charge is 2.30. The lowest BCUT2D eigenvalue weighted by molar-refractivity contribution is -0.161. The molecule has 0 rings (SSSR count). The molecule has 0 aliphatic carbocycles. The first-order valence-corrected chi connectivity index (χ1v) is 40.4. The van der Waals surface area contributed by atoms with Crippen LogP contribution in [0.4, 0.5) is 0 Å². The molecule has 0 heterocycles. The van der Waals surface area contributed by atoms with Crippen LogP contribution in [0.15, 0.2) is 24.3 Å². The zero-order valence-corrected chi connectivity index (χ0v) is 61.0. The van der Waals surface area contributed by atoms with Crippen molar-refractivity contribution >= 4 is 39.5 Å². The summed E-state index contributed by atoms with van der Waals surface area (Å²) in [5, 5.41) is 10.6. The monoisotopic (exact) mass is 1350 g/mol. The van der Waals surface area contributed by atoms with Gasteiger partial charge in [-0.2, -0.15) is 0 Å². The molecule has 542 valence electrons. The number of carbonyl (C=O) groups is 4. The van der Waals surface area contributed by atoms with E-state index >= 15 is 0 Å². The van der Waals surface area contributed by atoms with Gasteiger partial charge in [0.2, 0.25) is 0 Å². The predicted molar refractivity (Wildman–Crippen MR) is 372 cm³/mol. The van der Waals surface area contributed by atoms with E-state index in [1.807, 2.05) is 0 Å². The van der Waals surface area contributed by atoms with E-state index in [0.29, 0.717) is 25.7 Å². The highest BCUT2D eigenvalue weighted by molar-refractivity contribution is 7.47. The summed E-state index contributed by atoms with van der Waals surface area (Å²) in [6.45, 7) is 7.10. The topological polar surface area (TPSA) is 237 Å². The molecule has 0 aromatic rings. The van der Waals surface area contributed by atoms with Crippen LogP contribution < -0.4 is 0 Å². The van der Waals surface area contributed by atoms with Crippen LogP contribution in [0.1, 0.15) is 356 Å². The fourth-order valence-electron chi connectivity index (χ4n) is 10.6. The molecule has 0 bridgehead atoms. The van der Waals surface area contributed by atoms with Gasteiger partial charge in [0, 0.05) is 25.7 Å². The zero-order valence-electron chi connectivity index (χ0n) is 59.2. The van der Waals surface area contributed by atoms with Crippen molar-refractivity contribution in [2.24, 2.45) is 5.92 Å². The van der Waals surface area contributed by atoms with Crippen LogP contribution in [-0.2, 0) is 65.4 Å². The standard InChI is InChI=1S/C73H138O17P2/c1-6-9-12-15-17-19-21-23-25-26-27-28-30-32-34-39-43-48-53-58-73(78)90-69(63-84-71(76)57-52-47-42-38-33-31-29-24-22-20-18-16-13-10-7-2)65-88-92(81,82)86-61-67(74)60-85-91(79,80)87-64-68(62-83-70(75)56-51-45-14-11-8-3)89-72(77)59-54-49-44-40-36-35-37-41-46-50-55-66(4)5/h20,22,24,29,66-69,74H,6-19,21,23,25-28,30-65H2,1-5H3,(H,79,80)(H,81,82)/b22-20-,29-24-/t67-,68+,69+/m0/s1. The zero-order chi connectivity index (χ0) is 67.7. The fraction of sp³-hybridized carbons (Fsp3) is 0.890. The average Bonchev–Trinajstić information content (AvgIpc) is 2.87. The van der Waals surface area contributed by atoms with Gasteiger partial charge < -0.3 is 33.8 Å². The minimum Gasteiger partial charge on any atom is -0.462 e. The third-order valence-corrected chi connectivity index (χ3v) is 18.3. The maximum Gasteiger partial charge on any atom is 0.472 e. The Labute approximate surface area is 561 Å². The Hall–Kier alpha value is -2.46. The third kappa shape index (κ3) is 66.2. The Morgan fingerprint density at radius 3 is 0.891 bits per heavy atom. The average molecular weight is 1350 g/mol. The molecular formula is C73H138O17P2. The summed E-state index contributed by atoms with van der Waals surface area (Å²) in [4.78, 5) is 72.4. The quantitative estimate of drug-likeness (QED) is 0.0169. The molecule has 0 saturated heterocycles. The first-order valence-electron chi connectivity index (χ1n) is 37.5. The van der Waals surface area contributed by atoms with Gasteiger partial charge in [0.1, 0.15) is 19.3 Å². The molecule has 0 saturated carbocycles. The molecule has 0 radical (unpaired) electrons. The fourth-order valence-corrected chi connectivity index (χ4v) is 12.2. The lowest BCUT2D eigenvalue weighted by atomic mass is 10.0. The number of esters is 4. The van der Waals surface area contributed by atoms with Gasteiger partial charge in [-0.25, -0.2) is 9.13 Å². The number of hydrogen-bond donors (Lipinski definition) is 3. The van der Waals surface area contributed by atoms with Gasteiger partial charge in [-0.05, 0) is 57.3 Å². The van der Waals surface area contributed by atoms with Crippen molar-refractivity contribution in [2.45, 2.75) is 374 Å². The molecule has 0 spiro atoms. The van der Waals surface area contributed by atoms with Crippen molar-refractivity contribution in [2.75, 3.05) is 39.6 Å². The molecule has 0 aliphatic heterocycles. The molecule has 19 heteroatoms. The van der Waals surface area contributed by atoms with Crippen molar-refractivity contribution in [1.29, 1.82) is 0 Å². The highest BCUT2D eigenvalue weighted by Crippen LogP contribution is 2.45. The van der Waals surface area contributed by atoms with Gasteiger partial charge in [0.05, 0.1) is 26.4 Å². The van der Waals surface area contributed by atoms with E-state index in [-0.39, 0.29) is 25.7 Å². The lowest BCUT2D eigenvalue weighted by Crippen LogP contribution is -2.30. The van der Waals surface area contributed by atoms with Crippen LogP contribution in [0.2, 0.25) is 0 Å². The molecule has 0 amide bonds. The summed E-state index contributed by atoms with van der Waals surface area (Å²) < 4.78 is 68.1. The molecule has 92 heavy (non-hydrogen) atoms. The summed E-state index contributed by atoms with van der Waals surface area (Å²) in [6.07, 6.45) is 56.8. The maximum atomic E-state index is 13.0. The van der Waals surface area contributed by atoms with Gasteiger partial charge in [-0.15, -0.1) is 0 Å². The molecule has 0 fully saturated rings. The van der Waals surface area contributed by atoms with Crippen molar-refractivity contribution in [3.8, 4) is 0 Å². The molecule has 0 aliphatic rings. The number of allylic oxidation sites excluding steroid dienone is 4. The smallest absolute Gasteiger partial charge is 0.462 e.